The second-order valence-electron chi connectivity index (χ2n) is 4.14. The van der Waals surface area contributed by atoms with Crippen LogP contribution in [-0.2, 0) is 6.42 Å². The first kappa shape index (κ1) is 13.4. The fourth-order valence-corrected chi connectivity index (χ4v) is 2.03. The summed E-state index contributed by atoms with van der Waals surface area (Å²) < 4.78 is 5.05. The van der Waals surface area contributed by atoms with E-state index in [1.54, 1.807) is 31.4 Å². The fraction of sp³-hybridized carbons (Fsp3) is 0.133. The maximum Gasteiger partial charge on any atom is 0.169 e. The number of nitrogen functional groups attached to an aromatic ring is 1. The Morgan fingerprint density at radius 3 is 2.63 bits per heavy atom. The van der Waals surface area contributed by atoms with E-state index in [2.05, 4.69) is 0 Å². The molecule has 4 heteroatoms. The highest BCUT2D eigenvalue weighted by molar-refractivity contribution is 6.31. The van der Waals surface area contributed by atoms with Crippen molar-refractivity contribution in [2.24, 2.45) is 0 Å². The molecule has 98 valence electrons. The third kappa shape index (κ3) is 3.06. The Morgan fingerprint density at radius 2 is 2.00 bits per heavy atom. The molecule has 0 aromatic heterocycles. The van der Waals surface area contributed by atoms with Crippen LogP contribution in [0.3, 0.4) is 0 Å². The molecule has 0 aliphatic rings. The maximum atomic E-state index is 12.2. The smallest absolute Gasteiger partial charge is 0.169 e. The molecule has 19 heavy (non-hydrogen) atoms. The van der Waals surface area contributed by atoms with Crippen LogP contribution in [0.2, 0.25) is 5.02 Å². The van der Waals surface area contributed by atoms with Gasteiger partial charge in [0.15, 0.2) is 5.78 Å². The zero-order chi connectivity index (χ0) is 13.8. The van der Waals surface area contributed by atoms with Crippen molar-refractivity contribution in [3.05, 3.63) is 58.6 Å². The van der Waals surface area contributed by atoms with Crippen molar-refractivity contribution in [3.63, 3.8) is 0 Å². The number of rotatable bonds is 4. The molecular weight excluding hydrogens is 262 g/mol. The molecule has 0 bridgehead atoms. The van der Waals surface area contributed by atoms with Gasteiger partial charge in [-0.2, -0.15) is 0 Å². The summed E-state index contributed by atoms with van der Waals surface area (Å²) in [6.45, 7) is 0. The van der Waals surface area contributed by atoms with Gasteiger partial charge in [-0.3, -0.25) is 4.79 Å². The van der Waals surface area contributed by atoms with E-state index in [1.807, 2.05) is 18.2 Å². The van der Waals surface area contributed by atoms with E-state index >= 15 is 0 Å². The lowest BCUT2D eigenvalue weighted by Gasteiger charge is -2.08. The fourth-order valence-electron chi connectivity index (χ4n) is 1.83. The van der Waals surface area contributed by atoms with Crippen LogP contribution in [0.1, 0.15) is 15.9 Å². The number of nitrogens with two attached hydrogens (primary N) is 1. The minimum absolute atomic E-state index is 0.0618. The molecule has 0 unspecified atom stereocenters. The minimum Gasteiger partial charge on any atom is -0.497 e. The molecular formula is C15H14ClNO2. The summed E-state index contributed by atoms with van der Waals surface area (Å²) in [7, 11) is 1.56. The van der Waals surface area contributed by atoms with Crippen LogP contribution in [0, 0.1) is 0 Å². The van der Waals surface area contributed by atoms with Gasteiger partial charge in [0.2, 0.25) is 0 Å². The van der Waals surface area contributed by atoms with Crippen molar-refractivity contribution in [1.82, 2.24) is 0 Å². The number of benzene rings is 2. The largest absolute Gasteiger partial charge is 0.497 e. The lowest BCUT2D eigenvalue weighted by atomic mass is 10.0. The Bertz CT molecular complexity index is 611. The Balaban J connectivity index is 2.23. The van der Waals surface area contributed by atoms with Crippen molar-refractivity contribution in [3.8, 4) is 5.75 Å². The number of hydrogen-bond acceptors (Lipinski definition) is 3. The molecule has 0 amide bonds. The van der Waals surface area contributed by atoms with Gasteiger partial charge in [-0.05, 0) is 23.8 Å². The average Bonchev–Trinajstić information content (AvgIpc) is 2.41. The molecule has 2 aromatic rings. The molecule has 0 aliphatic carbocycles. The molecule has 0 radical (unpaired) electrons. The zero-order valence-corrected chi connectivity index (χ0v) is 11.3. The lowest BCUT2D eigenvalue weighted by molar-refractivity contribution is 0.0994. The Kier molecular flexibility index (Phi) is 4.07. The van der Waals surface area contributed by atoms with Crippen molar-refractivity contribution in [1.29, 1.82) is 0 Å². The predicted octanol–water partition coefficient (Wildman–Crippen LogP) is 3.36. The Labute approximate surface area is 117 Å². The third-order valence-corrected chi connectivity index (χ3v) is 3.24. The van der Waals surface area contributed by atoms with E-state index < -0.39 is 0 Å². The van der Waals surface area contributed by atoms with Crippen LogP contribution in [0.4, 0.5) is 5.69 Å². The van der Waals surface area contributed by atoms with Gasteiger partial charge in [0, 0.05) is 28.8 Å². The summed E-state index contributed by atoms with van der Waals surface area (Å²) >= 11 is 6.04. The van der Waals surface area contributed by atoms with Gasteiger partial charge in [-0.1, -0.05) is 29.8 Å². The number of methoxy groups -OCH3 is 1. The van der Waals surface area contributed by atoms with Crippen LogP contribution in [0.5, 0.6) is 5.75 Å². The van der Waals surface area contributed by atoms with Crippen LogP contribution in [-0.4, -0.2) is 12.9 Å². The summed E-state index contributed by atoms with van der Waals surface area (Å²) in [5.41, 5.74) is 7.55. The standard InChI is InChI=1S/C15H14ClNO2/c1-19-11-6-7-12(14(17)9-11)15(18)8-10-4-2-3-5-13(10)16/h2-7,9H,8,17H2,1H3. The van der Waals surface area contributed by atoms with E-state index in [0.29, 0.717) is 22.0 Å². The number of carbonyl (C=O) groups is 1. The predicted molar refractivity (Wildman–Crippen MR) is 76.9 cm³/mol. The SMILES string of the molecule is COc1ccc(C(=O)Cc2ccccc2Cl)c(N)c1. The maximum absolute atomic E-state index is 12.2. The minimum atomic E-state index is -0.0618. The molecule has 0 spiro atoms. The van der Waals surface area contributed by atoms with Gasteiger partial charge in [0.05, 0.1) is 7.11 Å². The second-order valence-corrected chi connectivity index (χ2v) is 4.55. The summed E-state index contributed by atoms with van der Waals surface area (Å²) in [6.07, 6.45) is 0.232. The van der Waals surface area contributed by atoms with Crippen LogP contribution < -0.4 is 10.5 Å². The van der Waals surface area contributed by atoms with E-state index in [4.69, 9.17) is 22.1 Å². The lowest BCUT2D eigenvalue weighted by Crippen LogP contribution is -2.07. The highest BCUT2D eigenvalue weighted by atomic mass is 35.5. The third-order valence-electron chi connectivity index (χ3n) is 2.87. The number of carbonyl (C=O) groups excluding carboxylic acids is 1. The van der Waals surface area contributed by atoms with Crippen molar-refractivity contribution in [2.75, 3.05) is 12.8 Å². The molecule has 0 fully saturated rings. The van der Waals surface area contributed by atoms with Gasteiger partial charge < -0.3 is 10.5 Å². The number of Topliss-reactive ketones (excluding diaryl/α,β-unsaturated/α-hetero) is 1. The van der Waals surface area contributed by atoms with Gasteiger partial charge in [0.1, 0.15) is 5.75 Å². The monoisotopic (exact) mass is 275 g/mol. The number of anilines is 1. The number of hydrogen-bond donors (Lipinski definition) is 1. The van der Waals surface area contributed by atoms with E-state index in [9.17, 15) is 4.79 Å². The average molecular weight is 276 g/mol. The summed E-state index contributed by atoms with van der Waals surface area (Å²) in [6, 6.07) is 12.3. The normalized spacial score (nSPS) is 10.2. The number of ketones is 1. The Hall–Kier alpha value is -2.00. The quantitative estimate of drug-likeness (QED) is 0.688. The van der Waals surface area contributed by atoms with Gasteiger partial charge >= 0.3 is 0 Å². The van der Waals surface area contributed by atoms with Gasteiger partial charge in [-0.25, -0.2) is 0 Å². The molecule has 0 atom stereocenters. The van der Waals surface area contributed by atoms with Crippen LogP contribution in [0.15, 0.2) is 42.5 Å². The van der Waals surface area contributed by atoms with Gasteiger partial charge in [0.25, 0.3) is 0 Å². The first-order valence-electron chi connectivity index (χ1n) is 5.82. The van der Waals surface area contributed by atoms with Crippen LogP contribution >= 0.6 is 11.6 Å². The first-order valence-corrected chi connectivity index (χ1v) is 6.19. The molecule has 3 nitrogen and oxygen atoms in total. The molecule has 2 aromatic carbocycles. The van der Waals surface area contributed by atoms with Crippen molar-refractivity contribution >= 4 is 23.1 Å². The van der Waals surface area contributed by atoms with Crippen molar-refractivity contribution in [2.45, 2.75) is 6.42 Å². The number of ether oxygens (including phenoxy) is 1. The summed E-state index contributed by atoms with van der Waals surface area (Å²) in [4.78, 5) is 12.2. The van der Waals surface area contributed by atoms with Crippen LogP contribution in [0.25, 0.3) is 0 Å². The summed E-state index contributed by atoms with van der Waals surface area (Å²) in [5.74, 6) is 0.569. The zero-order valence-electron chi connectivity index (χ0n) is 10.5. The molecule has 0 aliphatic heterocycles. The number of halogens is 1. The highest BCUT2D eigenvalue weighted by Gasteiger charge is 2.12. The van der Waals surface area contributed by atoms with E-state index in [1.165, 1.54) is 0 Å². The molecule has 0 saturated heterocycles. The first-order chi connectivity index (χ1) is 9.11. The Morgan fingerprint density at radius 1 is 1.26 bits per heavy atom. The molecule has 2 rings (SSSR count). The molecule has 0 heterocycles. The van der Waals surface area contributed by atoms with Gasteiger partial charge in [-0.15, -0.1) is 0 Å². The topological polar surface area (TPSA) is 52.3 Å². The van der Waals surface area contributed by atoms with E-state index in [0.717, 1.165) is 5.56 Å². The molecule has 0 saturated carbocycles. The molecule has 2 N–H and O–H groups in total. The van der Waals surface area contributed by atoms with Crippen molar-refractivity contribution < 1.29 is 9.53 Å². The summed E-state index contributed by atoms with van der Waals surface area (Å²) in [5, 5.41) is 0.586. The highest BCUT2D eigenvalue weighted by Crippen LogP contribution is 2.23. The second kappa shape index (κ2) is 5.76. The van der Waals surface area contributed by atoms with E-state index in [-0.39, 0.29) is 12.2 Å².